The zero-order valence-electron chi connectivity index (χ0n) is 22.4. The number of nitrogens with one attached hydrogen (secondary N) is 2. The predicted molar refractivity (Wildman–Crippen MR) is 149 cm³/mol. The number of halogens is 3. The standard InChI is InChI=1S/C27H23N3O6.C2HF3O2/c1-35-27(34)17-8-11-19(25(32)29-18-9-6-16(7-10-18)12-13-28)21(14-17)30-26(33)24-15-22(31)20-4-2-3-5-23(20)36-24;3-2(4,5)1(6)7/h2-11,14-15H,12-13,28H2,1H3,(H,29,32)(H,30,33);(H,6,7). The second kappa shape index (κ2) is 13.9. The summed E-state index contributed by atoms with van der Waals surface area (Å²) in [5, 5.41) is 12.8. The molecule has 0 unspecified atom stereocenters. The molecule has 2 amide bonds. The maximum absolute atomic E-state index is 13.1. The van der Waals surface area contributed by atoms with E-state index in [1.807, 2.05) is 12.1 Å². The van der Waals surface area contributed by atoms with Gasteiger partial charge in [0.05, 0.1) is 29.3 Å². The van der Waals surface area contributed by atoms with Gasteiger partial charge in [-0.3, -0.25) is 14.4 Å². The van der Waals surface area contributed by atoms with Gasteiger partial charge in [0.25, 0.3) is 11.8 Å². The zero-order valence-corrected chi connectivity index (χ0v) is 22.4. The zero-order chi connectivity index (χ0) is 31.7. The van der Waals surface area contributed by atoms with Gasteiger partial charge in [-0.15, -0.1) is 0 Å². The monoisotopic (exact) mass is 599 g/mol. The number of amides is 2. The number of fused-ring (bicyclic) bond motifs is 1. The SMILES string of the molecule is COC(=O)c1ccc(C(=O)Nc2ccc(CCN)cc2)c(NC(=O)c2cc(=O)c3ccccc3o2)c1.O=C(O)C(F)(F)F. The summed E-state index contributed by atoms with van der Waals surface area (Å²) in [6.07, 6.45) is -4.37. The molecule has 4 aromatic rings. The van der Waals surface area contributed by atoms with E-state index in [-0.39, 0.29) is 33.6 Å². The Balaban J connectivity index is 0.000000646. The Morgan fingerprint density at radius 3 is 2.19 bits per heavy atom. The number of carboxylic acid groups (broad SMARTS) is 1. The van der Waals surface area contributed by atoms with E-state index in [1.54, 1.807) is 36.4 Å². The summed E-state index contributed by atoms with van der Waals surface area (Å²) in [6.45, 7) is 0.513. The van der Waals surface area contributed by atoms with E-state index >= 15 is 0 Å². The van der Waals surface area contributed by atoms with Crippen LogP contribution in [-0.4, -0.2) is 48.7 Å². The summed E-state index contributed by atoms with van der Waals surface area (Å²) in [4.78, 5) is 59.4. The minimum Gasteiger partial charge on any atom is -0.475 e. The molecule has 0 aliphatic heterocycles. The molecular formula is C29H24F3N3O8. The second-order valence-corrected chi connectivity index (χ2v) is 8.67. The van der Waals surface area contributed by atoms with Crippen molar-refractivity contribution in [3.8, 4) is 0 Å². The number of rotatable bonds is 7. The van der Waals surface area contributed by atoms with Gasteiger partial charge in [0.1, 0.15) is 5.58 Å². The molecule has 0 aliphatic rings. The third kappa shape index (κ3) is 8.50. The molecule has 0 atom stereocenters. The predicted octanol–water partition coefficient (Wildman–Crippen LogP) is 4.22. The smallest absolute Gasteiger partial charge is 0.475 e. The Bertz CT molecular complexity index is 1720. The fraction of sp³-hybridized carbons (Fsp3) is 0.138. The average Bonchev–Trinajstić information content (AvgIpc) is 2.97. The molecule has 0 aliphatic carbocycles. The summed E-state index contributed by atoms with van der Waals surface area (Å²) < 4.78 is 42.1. The quantitative estimate of drug-likeness (QED) is 0.226. The number of anilines is 2. The Kier molecular flexibility index (Phi) is 10.4. The molecule has 0 fully saturated rings. The van der Waals surface area contributed by atoms with Gasteiger partial charge in [-0.2, -0.15) is 13.2 Å². The van der Waals surface area contributed by atoms with E-state index in [9.17, 15) is 32.3 Å². The fourth-order valence-corrected chi connectivity index (χ4v) is 3.61. The highest BCUT2D eigenvalue weighted by Gasteiger charge is 2.38. The minimum absolute atomic E-state index is 0.0379. The minimum atomic E-state index is -5.08. The average molecular weight is 600 g/mol. The number of para-hydroxylation sites is 1. The molecule has 0 saturated carbocycles. The summed E-state index contributed by atoms with van der Waals surface area (Å²) in [6, 6.07) is 18.9. The number of esters is 1. The highest BCUT2D eigenvalue weighted by molar-refractivity contribution is 6.13. The molecule has 4 rings (SSSR count). The first kappa shape index (κ1) is 32.0. The number of carbonyl (C=O) groups is 4. The van der Waals surface area contributed by atoms with Crippen molar-refractivity contribution in [1.29, 1.82) is 0 Å². The van der Waals surface area contributed by atoms with E-state index < -0.39 is 29.9 Å². The molecular weight excluding hydrogens is 575 g/mol. The Morgan fingerprint density at radius 2 is 1.58 bits per heavy atom. The van der Waals surface area contributed by atoms with Gasteiger partial charge >= 0.3 is 18.1 Å². The molecule has 3 aromatic carbocycles. The first-order valence-electron chi connectivity index (χ1n) is 12.3. The van der Waals surface area contributed by atoms with Crippen LogP contribution in [0.25, 0.3) is 11.0 Å². The van der Waals surface area contributed by atoms with Crippen LogP contribution in [0.15, 0.2) is 82.0 Å². The lowest BCUT2D eigenvalue weighted by molar-refractivity contribution is -0.192. The van der Waals surface area contributed by atoms with Crippen LogP contribution in [0.1, 0.15) is 36.8 Å². The van der Waals surface area contributed by atoms with Crippen LogP contribution in [0.4, 0.5) is 24.5 Å². The topological polar surface area (TPSA) is 178 Å². The number of aliphatic carboxylic acids is 1. The van der Waals surface area contributed by atoms with Crippen LogP contribution < -0.4 is 21.8 Å². The first-order chi connectivity index (χ1) is 20.3. The number of ether oxygens (including phenoxy) is 1. The van der Waals surface area contributed by atoms with Crippen molar-refractivity contribution < 1.29 is 46.6 Å². The number of hydrogen-bond donors (Lipinski definition) is 4. The van der Waals surface area contributed by atoms with Crippen LogP contribution in [0.3, 0.4) is 0 Å². The molecule has 0 bridgehead atoms. The van der Waals surface area contributed by atoms with E-state index in [0.29, 0.717) is 24.0 Å². The summed E-state index contributed by atoms with van der Waals surface area (Å²) >= 11 is 0. The molecule has 1 heterocycles. The third-order valence-corrected chi connectivity index (χ3v) is 5.68. The van der Waals surface area contributed by atoms with Crippen molar-refractivity contribution in [2.45, 2.75) is 12.6 Å². The molecule has 0 saturated heterocycles. The molecule has 0 spiro atoms. The number of nitrogens with two attached hydrogens (primary N) is 1. The van der Waals surface area contributed by atoms with Gasteiger partial charge in [0, 0.05) is 11.8 Å². The van der Waals surface area contributed by atoms with E-state index in [0.717, 1.165) is 11.6 Å². The number of methoxy groups -OCH3 is 1. The van der Waals surface area contributed by atoms with Gasteiger partial charge in [-0.05, 0) is 61.0 Å². The van der Waals surface area contributed by atoms with Crippen molar-refractivity contribution in [3.05, 3.63) is 105 Å². The molecule has 0 radical (unpaired) electrons. The van der Waals surface area contributed by atoms with Gasteiger partial charge in [0.15, 0.2) is 11.2 Å². The first-order valence-corrected chi connectivity index (χ1v) is 12.3. The molecule has 43 heavy (non-hydrogen) atoms. The summed E-state index contributed by atoms with van der Waals surface area (Å²) in [7, 11) is 1.22. The van der Waals surface area contributed by atoms with Gasteiger partial charge in [-0.25, -0.2) is 9.59 Å². The van der Waals surface area contributed by atoms with Crippen molar-refractivity contribution >= 4 is 46.1 Å². The lowest BCUT2D eigenvalue weighted by Crippen LogP contribution is -2.21. The van der Waals surface area contributed by atoms with Crippen molar-refractivity contribution in [3.63, 3.8) is 0 Å². The normalized spacial score (nSPS) is 10.7. The Morgan fingerprint density at radius 1 is 0.930 bits per heavy atom. The third-order valence-electron chi connectivity index (χ3n) is 5.68. The Labute approximate surface area is 241 Å². The van der Waals surface area contributed by atoms with Crippen LogP contribution in [-0.2, 0) is 16.0 Å². The number of alkyl halides is 3. The molecule has 5 N–H and O–H groups in total. The van der Waals surface area contributed by atoms with Gasteiger partial charge < -0.3 is 30.6 Å². The van der Waals surface area contributed by atoms with Crippen molar-refractivity contribution in [2.75, 3.05) is 24.3 Å². The van der Waals surface area contributed by atoms with Crippen LogP contribution in [0.2, 0.25) is 0 Å². The number of carbonyl (C=O) groups excluding carboxylic acids is 3. The summed E-state index contributed by atoms with van der Waals surface area (Å²) in [5.74, 6) is -4.94. The van der Waals surface area contributed by atoms with Gasteiger partial charge in [-0.1, -0.05) is 24.3 Å². The maximum atomic E-state index is 13.1. The van der Waals surface area contributed by atoms with Crippen LogP contribution >= 0.6 is 0 Å². The summed E-state index contributed by atoms with van der Waals surface area (Å²) in [5.41, 5.74) is 7.24. The fourth-order valence-electron chi connectivity index (χ4n) is 3.61. The Hall–Kier alpha value is -5.50. The molecule has 14 heteroatoms. The van der Waals surface area contributed by atoms with Crippen LogP contribution in [0.5, 0.6) is 0 Å². The molecule has 11 nitrogen and oxygen atoms in total. The second-order valence-electron chi connectivity index (χ2n) is 8.67. The van der Waals surface area contributed by atoms with E-state index in [2.05, 4.69) is 10.6 Å². The molecule has 1 aromatic heterocycles. The lowest BCUT2D eigenvalue weighted by Gasteiger charge is -2.13. The molecule has 224 valence electrons. The van der Waals surface area contributed by atoms with Crippen molar-refractivity contribution in [2.24, 2.45) is 5.73 Å². The lowest BCUT2D eigenvalue weighted by atomic mass is 10.1. The van der Waals surface area contributed by atoms with E-state index in [4.69, 9.17) is 24.8 Å². The largest absolute Gasteiger partial charge is 0.490 e. The highest BCUT2D eigenvalue weighted by atomic mass is 19.4. The maximum Gasteiger partial charge on any atom is 0.490 e. The number of benzene rings is 3. The number of hydrogen-bond acceptors (Lipinski definition) is 8. The van der Waals surface area contributed by atoms with Gasteiger partial charge in [0.2, 0.25) is 0 Å². The number of carboxylic acids is 1. The highest BCUT2D eigenvalue weighted by Crippen LogP contribution is 2.22. The van der Waals surface area contributed by atoms with Crippen LogP contribution in [0, 0.1) is 0 Å². The van der Waals surface area contributed by atoms with Crippen molar-refractivity contribution in [1.82, 2.24) is 0 Å². The van der Waals surface area contributed by atoms with E-state index in [1.165, 1.54) is 25.3 Å².